The maximum absolute atomic E-state index is 5.37. The Morgan fingerprint density at radius 1 is 1.59 bits per heavy atom. The summed E-state index contributed by atoms with van der Waals surface area (Å²) in [6.45, 7) is 6.74. The summed E-state index contributed by atoms with van der Waals surface area (Å²) in [5.41, 5.74) is 3.85. The summed E-state index contributed by atoms with van der Waals surface area (Å²) in [6, 6.07) is 4.69. The maximum atomic E-state index is 5.37. The van der Waals surface area contributed by atoms with Gasteiger partial charge in [0.15, 0.2) is 0 Å². The molecular weight excluding hydrogens is 232 g/mol. The van der Waals surface area contributed by atoms with E-state index in [0.717, 1.165) is 18.9 Å². The second-order valence-electron chi connectivity index (χ2n) is 4.48. The fourth-order valence-electron chi connectivity index (χ4n) is 2.10. The first-order chi connectivity index (χ1) is 8.20. The Kier molecular flexibility index (Phi) is 4.25. The van der Waals surface area contributed by atoms with E-state index in [1.54, 1.807) is 6.20 Å². The summed E-state index contributed by atoms with van der Waals surface area (Å²) >= 11 is 2.06. The zero-order chi connectivity index (χ0) is 12.3. The zero-order valence-electron chi connectivity index (χ0n) is 10.4. The van der Waals surface area contributed by atoms with E-state index in [2.05, 4.69) is 47.0 Å². The molecule has 1 aliphatic heterocycles. The van der Waals surface area contributed by atoms with Gasteiger partial charge in [-0.25, -0.2) is 10.8 Å². The van der Waals surface area contributed by atoms with Crippen LogP contribution >= 0.6 is 11.8 Å². The number of rotatable bonds is 3. The normalized spacial score (nSPS) is 25.8. The van der Waals surface area contributed by atoms with Crippen LogP contribution < -0.4 is 11.3 Å². The number of nitrogen functional groups attached to an aromatic ring is 1. The summed E-state index contributed by atoms with van der Waals surface area (Å²) in [4.78, 5) is 6.65. The summed E-state index contributed by atoms with van der Waals surface area (Å²) in [5, 5.41) is 0.706. The molecule has 1 aromatic heterocycles. The van der Waals surface area contributed by atoms with E-state index in [4.69, 9.17) is 5.84 Å². The Morgan fingerprint density at radius 2 is 2.41 bits per heavy atom. The fourth-order valence-corrected chi connectivity index (χ4v) is 3.27. The molecule has 0 bridgehead atoms. The van der Waals surface area contributed by atoms with Gasteiger partial charge in [-0.3, -0.25) is 4.90 Å². The minimum absolute atomic E-state index is 0.621. The van der Waals surface area contributed by atoms with E-state index in [9.17, 15) is 0 Å². The van der Waals surface area contributed by atoms with Gasteiger partial charge in [0.1, 0.15) is 5.82 Å². The van der Waals surface area contributed by atoms with Gasteiger partial charge in [-0.2, -0.15) is 11.8 Å². The van der Waals surface area contributed by atoms with Gasteiger partial charge in [-0.05, 0) is 24.6 Å². The quantitative estimate of drug-likeness (QED) is 0.633. The second-order valence-corrected chi connectivity index (χ2v) is 5.97. The lowest BCUT2D eigenvalue weighted by molar-refractivity contribution is 0.204. The predicted molar refractivity (Wildman–Crippen MR) is 73.8 cm³/mol. The van der Waals surface area contributed by atoms with E-state index in [1.807, 2.05) is 6.07 Å². The average Bonchev–Trinajstić information content (AvgIpc) is 2.35. The summed E-state index contributed by atoms with van der Waals surface area (Å²) in [7, 11) is 0. The van der Waals surface area contributed by atoms with E-state index < -0.39 is 0 Å². The van der Waals surface area contributed by atoms with Gasteiger partial charge < -0.3 is 5.43 Å². The lowest BCUT2D eigenvalue weighted by atomic mass is 10.1. The molecule has 1 fully saturated rings. The lowest BCUT2D eigenvalue weighted by Gasteiger charge is -2.37. The van der Waals surface area contributed by atoms with Crippen LogP contribution in [-0.4, -0.2) is 33.5 Å². The molecule has 0 aliphatic carbocycles. The molecule has 5 heteroatoms. The number of aromatic nitrogens is 1. The van der Waals surface area contributed by atoms with Gasteiger partial charge in [0.2, 0.25) is 0 Å². The topological polar surface area (TPSA) is 54.2 Å². The molecule has 1 saturated heterocycles. The van der Waals surface area contributed by atoms with Crippen LogP contribution in [0.25, 0.3) is 0 Å². The van der Waals surface area contributed by atoms with Crippen LogP contribution in [0.5, 0.6) is 0 Å². The molecule has 2 heterocycles. The van der Waals surface area contributed by atoms with Gasteiger partial charge in [0.05, 0.1) is 0 Å². The van der Waals surface area contributed by atoms with Crippen LogP contribution in [0, 0.1) is 0 Å². The van der Waals surface area contributed by atoms with Gasteiger partial charge in [-0.1, -0.05) is 6.92 Å². The first-order valence-corrected chi connectivity index (χ1v) is 7.03. The van der Waals surface area contributed by atoms with Crippen molar-refractivity contribution in [3.63, 3.8) is 0 Å². The molecule has 0 saturated carbocycles. The molecule has 4 nitrogen and oxygen atoms in total. The van der Waals surface area contributed by atoms with Crippen LogP contribution in [0.4, 0.5) is 5.82 Å². The first kappa shape index (κ1) is 12.7. The molecule has 0 radical (unpaired) electrons. The van der Waals surface area contributed by atoms with E-state index in [1.165, 1.54) is 11.3 Å². The Bertz CT molecular complexity index is 371. The second kappa shape index (κ2) is 5.71. The number of pyridine rings is 1. The highest BCUT2D eigenvalue weighted by Crippen LogP contribution is 2.25. The van der Waals surface area contributed by atoms with Crippen LogP contribution in [0.1, 0.15) is 19.4 Å². The van der Waals surface area contributed by atoms with Crippen molar-refractivity contribution in [2.45, 2.75) is 31.7 Å². The van der Waals surface area contributed by atoms with Crippen molar-refractivity contribution >= 4 is 17.6 Å². The molecule has 2 atom stereocenters. The number of thioether (sulfide) groups is 1. The number of nitrogens with one attached hydrogen (secondary N) is 1. The van der Waals surface area contributed by atoms with Crippen LogP contribution in [0.3, 0.4) is 0 Å². The van der Waals surface area contributed by atoms with Crippen LogP contribution in [0.15, 0.2) is 18.3 Å². The van der Waals surface area contributed by atoms with Gasteiger partial charge in [-0.15, -0.1) is 0 Å². The monoisotopic (exact) mass is 252 g/mol. The van der Waals surface area contributed by atoms with Gasteiger partial charge >= 0.3 is 0 Å². The van der Waals surface area contributed by atoms with E-state index in [-0.39, 0.29) is 0 Å². The summed E-state index contributed by atoms with van der Waals surface area (Å²) in [5.74, 6) is 7.32. The first-order valence-electron chi connectivity index (χ1n) is 5.98. The van der Waals surface area contributed by atoms with Crippen molar-refractivity contribution < 1.29 is 0 Å². The van der Waals surface area contributed by atoms with Crippen LogP contribution in [-0.2, 0) is 6.54 Å². The predicted octanol–water partition coefficient (Wildman–Crippen LogP) is 1.69. The Morgan fingerprint density at radius 3 is 3.18 bits per heavy atom. The maximum Gasteiger partial charge on any atom is 0.140 e. The molecule has 0 spiro atoms. The number of hydrogen-bond acceptors (Lipinski definition) is 5. The molecule has 17 heavy (non-hydrogen) atoms. The molecule has 94 valence electrons. The number of nitrogens with two attached hydrogens (primary N) is 1. The van der Waals surface area contributed by atoms with Crippen LogP contribution in [0.2, 0.25) is 0 Å². The summed E-state index contributed by atoms with van der Waals surface area (Å²) < 4.78 is 0. The number of anilines is 1. The molecule has 0 amide bonds. The SMILES string of the molecule is CC1SCCN(Cc2ccnc(NN)c2)C1C. The van der Waals surface area contributed by atoms with Gasteiger partial charge in [0, 0.05) is 36.3 Å². The van der Waals surface area contributed by atoms with Crippen molar-refractivity contribution in [2.75, 3.05) is 17.7 Å². The highest BCUT2D eigenvalue weighted by molar-refractivity contribution is 8.00. The third kappa shape index (κ3) is 3.12. The molecule has 2 unspecified atom stereocenters. The third-order valence-electron chi connectivity index (χ3n) is 3.37. The number of hydrazine groups is 1. The minimum Gasteiger partial charge on any atom is -0.308 e. The molecular formula is C12H20N4S. The van der Waals surface area contributed by atoms with Gasteiger partial charge in [0.25, 0.3) is 0 Å². The largest absolute Gasteiger partial charge is 0.308 e. The van der Waals surface area contributed by atoms with E-state index in [0.29, 0.717) is 11.3 Å². The zero-order valence-corrected chi connectivity index (χ0v) is 11.2. The van der Waals surface area contributed by atoms with Crippen molar-refractivity contribution in [1.29, 1.82) is 0 Å². The van der Waals surface area contributed by atoms with Crippen molar-refractivity contribution in [3.8, 4) is 0 Å². The standard InChI is InChI=1S/C12H20N4S/c1-9-10(2)17-6-5-16(9)8-11-3-4-14-12(7-11)15-13/h3-4,7,9-10H,5-6,8,13H2,1-2H3,(H,14,15). The van der Waals surface area contributed by atoms with Crippen molar-refractivity contribution in [3.05, 3.63) is 23.9 Å². The molecule has 0 aromatic carbocycles. The smallest absolute Gasteiger partial charge is 0.140 e. The Labute approximate surface area is 107 Å². The number of hydrogen-bond donors (Lipinski definition) is 2. The average molecular weight is 252 g/mol. The third-order valence-corrected chi connectivity index (χ3v) is 4.71. The van der Waals surface area contributed by atoms with Crippen molar-refractivity contribution in [2.24, 2.45) is 5.84 Å². The van der Waals surface area contributed by atoms with Crippen molar-refractivity contribution in [1.82, 2.24) is 9.88 Å². The van der Waals surface area contributed by atoms with E-state index >= 15 is 0 Å². The Balaban J connectivity index is 2.04. The molecule has 1 aromatic rings. The fraction of sp³-hybridized carbons (Fsp3) is 0.583. The molecule has 1 aliphatic rings. The highest BCUT2D eigenvalue weighted by atomic mass is 32.2. The summed E-state index contributed by atoms with van der Waals surface area (Å²) in [6.07, 6.45) is 1.80. The number of nitrogens with zero attached hydrogens (tertiary/aromatic N) is 2. The lowest BCUT2D eigenvalue weighted by Crippen LogP contribution is -2.43. The minimum atomic E-state index is 0.621. The molecule has 3 N–H and O–H groups in total. The Hall–Kier alpha value is -0.780. The highest BCUT2D eigenvalue weighted by Gasteiger charge is 2.24. The molecule has 2 rings (SSSR count).